The van der Waals surface area contributed by atoms with Crippen LogP contribution < -0.4 is 10.4 Å². The Bertz CT molecular complexity index is 959. The van der Waals surface area contributed by atoms with Crippen LogP contribution in [0.25, 0.3) is 16.7 Å². The lowest BCUT2D eigenvalue weighted by Gasteiger charge is -2.19. The van der Waals surface area contributed by atoms with Gasteiger partial charge < -0.3 is 9.57 Å². The van der Waals surface area contributed by atoms with Gasteiger partial charge in [0.15, 0.2) is 5.65 Å². The molecular formula is C19H23N5O3. The van der Waals surface area contributed by atoms with Crippen LogP contribution in [0.1, 0.15) is 12.2 Å². The first kappa shape index (κ1) is 17.7. The van der Waals surface area contributed by atoms with Crippen molar-refractivity contribution >= 4 is 11.0 Å². The van der Waals surface area contributed by atoms with Gasteiger partial charge in [0.2, 0.25) is 0 Å². The van der Waals surface area contributed by atoms with E-state index in [1.807, 2.05) is 30.3 Å². The van der Waals surface area contributed by atoms with Crippen LogP contribution >= 0.6 is 0 Å². The first-order valence-electron chi connectivity index (χ1n) is 9.20. The van der Waals surface area contributed by atoms with E-state index in [0.29, 0.717) is 23.5 Å². The molecule has 1 saturated heterocycles. The highest BCUT2D eigenvalue weighted by Crippen LogP contribution is 2.13. The lowest BCUT2D eigenvalue weighted by molar-refractivity contribution is 0.0722. The summed E-state index contributed by atoms with van der Waals surface area (Å²) in [5, 5.41) is 4.77. The van der Waals surface area contributed by atoms with Crippen LogP contribution in [0.5, 0.6) is 0 Å². The van der Waals surface area contributed by atoms with Gasteiger partial charge in [-0.25, -0.2) is 9.67 Å². The minimum atomic E-state index is -0.237. The molecule has 0 unspecified atom stereocenters. The van der Waals surface area contributed by atoms with Crippen LogP contribution in [0, 0.1) is 6.92 Å². The van der Waals surface area contributed by atoms with Crippen molar-refractivity contribution in [3.8, 4) is 5.69 Å². The molecule has 1 aliphatic heterocycles. The molecule has 0 spiro atoms. The maximum Gasteiger partial charge on any atom is 0.297 e. The highest BCUT2D eigenvalue weighted by Gasteiger charge is 2.15. The van der Waals surface area contributed by atoms with Crippen molar-refractivity contribution in [1.82, 2.24) is 24.4 Å². The number of hydrogen-bond donors (Lipinski definition) is 0. The van der Waals surface area contributed by atoms with Gasteiger partial charge in [-0.1, -0.05) is 18.2 Å². The molecule has 142 valence electrons. The van der Waals surface area contributed by atoms with Crippen LogP contribution in [0.4, 0.5) is 0 Å². The van der Waals surface area contributed by atoms with E-state index in [1.165, 1.54) is 4.73 Å². The van der Waals surface area contributed by atoms with Gasteiger partial charge in [0.1, 0.15) is 17.8 Å². The van der Waals surface area contributed by atoms with Gasteiger partial charge in [0.05, 0.1) is 18.5 Å². The number of hydrogen-bond acceptors (Lipinski definition) is 6. The second-order valence-electron chi connectivity index (χ2n) is 6.53. The number of ether oxygens (including phenoxy) is 1. The highest BCUT2D eigenvalue weighted by molar-refractivity contribution is 5.75. The SMILES string of the molecule is Cc1nc2c(cnn2-c2ccccc2)c(=O)n1OCCN1CCCOCC1. The molecule has 3 heterocycles. The van der Waals surface area contributed by atoms with Gasteiger partial charge in [-0.3, -0.25) is 9.69 Å². The number of benzene rings is 1. The third-order valence-corrected chi connectivity index (χ3v) is 4.66. The maximum atomic E-state index is 12.8. The van der Waals surface area contributed by atoms with Gasteiger partial charge in [0.25, 0.3) is 5.56 Å². The average molecular weight is 369 g/mol. The lowest BCUT2D eigenvalue weighted by Crippen LogP contribution is -2.36. The number of nitrogens with zero attached hydrogens (tertiary/aromatic N) is 5. The molecular weight excluding hydrogens is 346 g/mol. The summed E-state index contributed by atoms with van der Waals surface area (Å²) >= 11 is 0. The van der Waals surface area contributed by atoms with Crippen molar-refractivity contribution in [2.45, 2.75) is 13.3 Å². The summed E-state index contributed by atoms with van der Waals surface area (Å²) in [4.78, 5) is 25.4. The minimum Gasteiger partial charge on any atom is -0.408 e. The first-order valence-corrected chi connectivity index (χ1v) is 9.20. The molecule has 0 amide bonds. The smallest absolute Gasteiger partial charge is 0.297 e. The van der Waals surface area contributed by atoms with Crippen molar-refractivity contribution < 1.29 is 9.57 Å². The van der Waals surface area contributed by atoms with Crippen LogP contribution in [-0.2, 0) is 4.74 Å². The van der Waals surface area contributed by atoms with Gasteiger partial charge >= 0.3 is 0 Å². The average Bonchev–Trinajstić information content (AvgIpc) is 2.93. The van der Waals surface area contributed by atoms with E-state index in [9.17, 15) is 4.79 Å². The van der Waals surface area contributed by atoms with Crippen LogP contribution in [0.3, 0.4) is 0 Å². The molecule has 0 aliphatic carbocycles. The van der Waals surface area contributed by atoms with Gasteiger partial charge in [-0.2, -0.15) is 5.10 Å². The predicted molar refractivity (Wildman–Crippen MR) is 101 cm³/mol. The number of aryl methyl sites for hydroxylation is 1. The Labute approximate surface area is 156 Å². The summed E-state index contributed by atoms with van der Waals surface area (Å²) in [6, 6.07) is 9.64. The number of aromatic nitrogens is 4. The molecule has 0 atom stereocenters. The fourth-order valence-corrected chi connectivity index (χ4v) is 3.25. The Morgan fingerprint density at radius 3 is 2.89 bits per heavy atom. The van der Waals surface area contributed by atoms with Gasteiger partial charge in [-0.15, -0.1) is 4.73 Å². The molecule has 0 bridgehead atoms. The monoisotopic (exact) mass is 369 g/mol. The molecule has 1 aromatic carbocycles. The van der Waals surface area contributed by atoms with Gasteiger partial charge in [0, 0.05) is 26.2 Å². The van der Waals surface area contributed by atoms with E-state index < -0.39 is 0 Å². The molecule has 8 nitrogen and oxygen atoms in total. The zero-order valence-electron chi connectivity index (χ0n) is 15.4. The maximum absolute atomic E-state index is 12.8. The van der Waals surface area contributed by atoms with Crippen LogP contribution in [0.15, 0.2) is 41.3 Å². The Morgan fingerprint density at radius 1 is 1.19 bits per heavy atom. The second kappa shape index (κ2) is 7.89. The summed E-state index contributed by atoms with van der Waals surface area (Å²) in [5.41, 5.74) is 1.16. The van der Waals surface area contributed by atoms with Gasteiger partial charge in [-0.05, 0) is 25.5 Å². The number of para-hydroxylation sites is 1. The molecule has 0 saturated carbocycles. The summed E-state index contributed by atoms with van der Waals surface area (Å²) in [7, 11) is 0. The summed E-state index contributed by atoms with van der Waals surface area (Å²) in [6.45, 7) is 6.35. The largest absolute Gasteiger partial charge is 0.408 e. The summed E-state index contributed by atoms with van der Waals surface area (Å²) in [6.07, 6.45) is 2.56. The minimum absolute atomic E-state index is 0.237. The molecule has 4 rings (SSSR count). The zero-order chi connectivity index (χ0) is 18.6. The number of rotatable bonds is 5. The Morgan fingerprint density at radius 2 is 2.04 bits per heavy atom. The fourth-order valence-electron chi connectivity index (χ4n) is 3.25. The van der Waals surface area contributed by atoms with Crippen molar-refractivity contribution in [1.29, 1.82) is 0 Å². The molecule has 2 aromatic heterocycles. The Balaban J connectivity index is 1.55. The van der Waals surface area contributed by atoms with Crippen LogP contribution in [-0.4, -0.2) is 63.8 Å². The predicted octanol–water partition coefficient (Wildman–Crippen LogP) is 1.04. The molecule has 3 aromatic rings. The van der Waals surface area contributed by atoms with E-state index >= 15 is 0 Å². The van der Waals surface area contributed by atoms with Crippen molar-refractivity contribution in [3.05, 3.63) is 52.7 Å². The third kappa shape index (κ3) is 3.72. The Kier molecular flexibility index (Phi) is 5.17. The first-order chi connectivity index (χ1) is 13.2. The van der Waals surface area contributed by atoms with Crippen molar-refractivity contribution in [3.63, 3.8) is 0 Å². The van der Waals surface area contributed by atoms with Crippen molar-refractivity contribution in [2.24, 2.45) is 0 Å². The van der Waals surface area contributed by atoms with Crippen molar-refractivity contribution in [2.75, 3.05) is 39.5 Å². The Hall–Kier alpha value is -2.71. The third-order valence-electron chi connectivity index (χ3n) is 4.66. The summed E-state index contributed by atoms with van der Waals surface area (Å²) < 4.78 is 8.40. The molecule has 27 heavy (non-hydrogen) atoms. The molecule has 1 aliphatic rings. The standard InChI is InChI=1S/C19H23N5O3/c1-15-21-18-17(14-20-23(18)16-6-3-2-4-7-16)19(25)24(15)27-13-10-22-8-5-11-26-12-9-22/h2-4,6-7,14H,5,8-13H2,1H3. The van der Waals surface area contributed by atoms with Crippen LogP contribution in [0.2, 0.25) is 0 Å². The molecule has 0 N–H and O–H groups in total. The molecule has 1 fully saturated rings. The summed E-state index contributed by atoms with van der Waals surface area (Å²) in [5.74, 6) is 0.504. The molecule has 8 heteroatoms. The van der Waals surface area contributed by atoms with E-state index in [-0.39, 0.29) is 5.56 Å². The van der Waals surface area contributed by atoms with E-state index in [0.717, 1.165) is 45.0 Å². The van der Waals surface area contributed by atoms with E-state index in [4.69, 9.17) is 9.57 Å². The second-order valence-corrected chi connectivity index (χ2v) is 6.53. The lowest BCUT2D eigenvalue weighted by atomic mass is 10.3. The normalized spacial score (nSPS) is 15.7. The molecule has 0 radical (unpaired) electrons. The fraction of sp³-hybridized carbons (Fsp3) is 0.421. The topological polar surface area (TPSA) is 74.4 Å². The van der Waals surface area contributed by atoms with E-state index in [1.54, 1.807) is 17.8 Å². The van der Waals surface area contributed by atoms with E-state index in [2.05, 4.69) is 15.0 Å². The quantitative estimate of drug-likeness (QED) is 0.669. The zero-order valence-corrected chi connectivity index (χ0v) is 15.4. The highest BCUT2D eigenvalue weighted by atomic mass is 16.7. The number of fused-ring (bicyclic) bond motifs is 1.